The molecule has 20 heteroatoms. The van der Waals surface area contributed by atoms with Crippen molar-refractivity contribution in [3.05, 3.63) is 281 Å². The molecule has 0 unspecified atom stereocenters. The van der Waals surface area contributed by atoms with E-state index >= 15 is 0 Å². The zero-order chi connectivity index (χ0) is 65.8. The van der Waals surface area contributed by atoms with Gasteiger partial charge in [-0.15, -0.1) is 0 Å². The number of fused-ring (bicyclic) bond motifs is 8. The highest BCUT2D eigenvalue weighted by Crippen LogP contribution is 2.55. The minimum atomic E-state index is 0.698. The Morgan fingerprint density at radius 2 is 0.320 bits per heavy atom. The number of hydrogen-bond donors (Lipinski definition) is 0. The lowest BCUT2D eigenvalue weighted by Crippen LogP contribution is -2.17. The van der Waals surface area contributed by atoms with Crippen LogP contribution in [-0.2, 0) is 0 Å². The lowest BCUT2D eigenvalue weighted by Gasteiger charge is -2.34. The van der Waals surface area contributed by atoms with Crippen LogP contribution >= 0.6 is 0 Å². The standard InChI is InChI=1S/C80H46N20/c1-9-59-67(81-21-1)29-47(39-89-59)97(48-30-68-60(90-40-48)10-2-22-82-68)75-37-76(98(49-31-69-61(91-41-49)11-3-23-83-69)50-32-70-62(92-42-50)12-4-24-84-70)56-19-20-58-78(100(53-35-73-65(95-45-53)15-7-27-87-73)54-36-74-66(96-46-54)16-8-28-88-74)38-77(57-18-17-55(75)79(56)80(57)58)99(51-33-71-63(93-43-51)13-5-25-85-71)52-34-72-64(94-44-52)14-6-26-86-72/h1-46H. The molecular weight excluding hydrogens is 1240 g/mol. The Morgan fingerprint density at radius 3 is 0.480 bits per heavy atom. The smallest absolute Gasteiger partial charge is 0.0907 e. The van der Waals surface area contributed by atoms with Crippen molar-refractivity contribution in [2.24, 2.45) is 0 Å². The topological polar surface area (TPSA) is 219 Å². The zero-order valence-electron chi connectivity index (χ0n) is 52.5. The third kappa shape index (κ3) is 9.30. The predicted octanol–water partition coefficient (Wildman–Crippen LogP) is 18.0. The van der Waals surface area contributed by atoms with Crippen LogP contribution in [0.4, 0.5) is 68.2 Å². The summed E-state index contributed by atoms with van der Waals surface area (Å²) in [5.41, 5.74) is 20.3. The molecule has 0 amide bonds. The molecule has 0 N–H and O–H groups in total. The van der Waals surface area contributed by atoms with E-state index in [-0.39, 0.29) is 0 Å². The SMILES string of the molecule is c1cnc2cc(N(c3cnc4cccnc4c3)c3cc(N(c4cnc5cccnc5c4)c4cnc5cccnc5c4)c4ccc5c(N(c6cnc7cccnc7c6)c6cnc7cccnc7c6)cc(N(c6cnc7cccnc7c6)c6cnc7cccnc7c6)c6ccc3c4c65)cnc2c1. The van der Waals surface area contributed by atoms with E-state index in [1.54, 1.807) is 49.6 Å². The normalized spacial score (nSPS) is 11.8. The summed E-state index contributed by atoms with van der Waals surface area (Å²) in [5.74, 6) is 0. The molecular formula is C80H46N20. The Morgan fingerprint density at radius 1 is 0.160 bits per heavy atom. The third-order valence-electron chi connectivity index (χ3n) is 18.3. The lowest BCUT2D eigenvalue weighted by molar-refractivity contribution is 1.21. The highest BCUT2D eigenvalue weighted by molar-refractivity contribution is 6.33. The molecule has 0 aliphatic rings. The number of hydrogen-bond acceptors (Lipinski definition) is 20. The van der Waals surface area contributed by atoms with E-state index in [1.165, 1.54) is 0 Å². The fourth-order valence-corrected chi connectivity index (χ4v) is 13.9. The van der Waals surface area contributed by atoms with E-state index in [1.807, 2.05) is 147 Å². The molecule has 20 nitrogen and oxygen atoms in total. The zero-order valence-corrected chi connectivity index (χ0v) is 52.5. The molecule has 100 heavy (non-hydrogen) atoms. The van der Waals surface area contributed by atoms with Gasteiger partial charge < -0.3 is 19.6 Å². The molecule has 20 aromatic rings. The van der Waals surface area contributed by atoms with Crippen LogP contribution in [0.5, 0.6) is 0 Å². The van der Waals surface area contributed by atoms with E-state index in [9.17, 15) is 0 Å². The Bertz CT molecular complexity index is 5600. The first kappa shape index (κ1) is 56.0. The third-order valence-corrected chi connectivity index (χ3v) is 18.3. The second-order valence-electron chi connectivity index (χ2n) is 24.1. The van der Waals surface area contributed by atoms with Gasteiger partial charge in [-0.25, -0.2) is 0 Å². The summed E-state index contributed by atoms with van der Waals surface area (Å²) in [6.45, 7) is 0. The molecule has 0 atom stereocenters. The summed E-state index contributed by atoms with van der Waals surface area (Å²) in [7, 11) is 0. The monoisotopic (exact) mass is 1290 g/mol. The van der Waals surface area contributed by atoms with E-state index in [0.29, 0.717) is 89.6 Å². The van der Waals surface area contributed by atoms with Crippen LogP contribution in [0.15, 0.2) is 281 Å². The van der Waals surface area contributed by atoms with Crippen molar-refractivity contribution in [3.8, 4) is 0 Å². The van der Waals surface area contributed by atoms with Crippen LogP contribution in [0, 0.1) is 0 Å². The van der Waals surface area contributed by atoms with Gasteiger partial charge in [-0.2, -0.15) is 0 Å². The van der Waals surface area contributed by atoms with Gasteiger partial charge in [-0.1, -0.05) is 24.3 Å². The van der Waals surface area contributed by atoms with Gasteiger partial charge in [0.05, 0.1) is 206 Å². The minimum Gasteiger partial charge on any atom is -0.307 e. The molecule has 0 radical (unpaired) electrons. The van der Waals surface area contributed by atoms with Gasteiger partial charge in [0.15, 0.2) is 0 Å². The number of benzene rings is 4. The summed E-state index contributed by atoms with van der Waals surface area (Å²) in [4.78, 5) is 88.8. The van der Waals surface area contributed by atoms with Crippen LogP contribution < -0.4 is 19.6 Å². The van der Waals surface area contributed by atoms with E-state index in [0.717, 1.165) is 99.2 Å². The molecule has 0 saturated heterocycles. The maximum Gasteiger partial charge on any atom is 0.0907 e. The molecule has 0 aliphatic carbocycles. The summed E-state index contributed by atoms with van der Waals surface area (Å²) in [6.07, 6.45) is 29.4. The fraction of sp³-hybridized carbons (Fsp3) is 0. The fourth-order valence-electron chi connectivity index (χ4n) is 13.9. The Labute approximate surface area is 566 Å². The summed E-state index contributed by atoms with van der Waals surface area (Å²) in [6, 6.07) is 60.8. The summed E-state index contributed by atoms with van der Waals surface area (Å²) < 4.78 is 0. The average molecular weight is 1290 g/mol. The van der Waals surface area contributed by atoms with Crippen LogP contribution in [0.2, 0.25) is 0 Å². The second kappa shape index (κ2) is 22.6. The lowest BCUT2D eigenvalue weighted by atomic mass is 9.89. The average Bonchev–Trinajstić information content (AvgIpc) is 0.698. The van der Waals surface area contributed by atoms with Crippen molar-refractivity contribution in [2.75, 3.05) is 19.6 Å². The van der Waals surface area contributed by atoms with Gasteiger partial charge in [0.25, 0.3) is 0 Å². The molecule has 0 saturated carbocycles. The van der Waals surface area contributed by atoms with Gasteiger partial charge in [0.2, 0.25) is 0 Å². The van der Waals surface area contributed by atoms with Crippen molar-refractivity contribution in [2.45, 2.75) is 0 Å². The first-order chi connectivity index (χ1) is 49.5. The number of nitrogens with zero attached hydrogens (tertiary/aromatic N) is 20. The minimum absolute atomic E-state index is 0.698. The van der Waals surface area contributed by atoms with Gasteiger partial charge in [-0.05, 0) is 158 Å². The molecule has 0 bridgehead atoms. The maximum absolute atomic E-state index is 5.11. The van der Waals surface area contributed by atoms with Crippen molar-refractivity contribution >= 4 is 189 Å². The molecule has 20 rings (SSSR count). The number of rotatable bonds is 12. The van der Waals surface area contributed by atoms with Gasteiger partial charge >= 0.3 is 0 Å². The van der Waals surface area contributed by atoms with E-state index < -0.39 is 0 Å². The van der Waals surface area contributed by atoms with Gasteiger partial charge in [-0.3, -0.25) is 79.7 Å². The molecule has 0 spiro atoms. The molecule has 0 aliphatic heterocycles. The summed E-state index contributed by atoms with van der Waals surface area (Å²) in [5, 5.41) is 5.28. The van der Waals surface area contributed by atoms with Crippen LogP contribution in [-0.4, -0.2) is 79.7 Å². The molecule has 4 aromatic carbocycles. The van der Waals surface area contributed by atoms with Crippen molar-refractivity contribution in [1.29, 1.82) is 0 Å². The Balaban J connectivity index is 0.978. The second-order valence-corrected chi connectivity index (χ2v) is 24.1. The van der Waals surface area contributed by atoms with Crippen molar-refractivity contribution < 1.29 is 0 Å². The quantitative estimate of drug-likeness (QED) is 0.104. The molecule has 16 aromatic heterocycles. The molecule has 0 fully saturated rings. The predicted molar refractivity (Wildman–Crippen MR) is 394 cm³/mol. The highest BCUT2D eigenvalue weighted by Gasteiger charge is 2.31. The van der Waals surface area contributed by atoms with E-state index in [2.05, 4.69) is 105 Å². The van der Waals surface area contributed by atoms with Crippen LogP contribution in [0.1, 0.15) is 0 Å². The first-order valence-corrected chi connectivity index (χ1v) is 32.2. The maximum atomic E-state index is 5.11. The first-order valence-electron chi connectivity index (χ1n) is 32.2. The van der Waals surface area contributed by atoms with Crippen molar-refractivity contribution in [1.82, 2.24) is 79.7 Å². The van der Waals surface area contributed by atoms with Crippen molar-refractivity contribution in [3.63, 3.8) is 0 Å². The van der Waals surface area contributed by atoms with Gasteiger partial charge in [0, 0.05) is 81.9 Å². The summed E-state index contributed by atoms with van der Waals surface area (Å²) >= 11 is 0. The van der Waals surface area contributed by atoms with Gasteiger partial charge in [0.1, 0.15) is 0 Å². The number of pyridine rings is 16. The van der Waals surface area contributed by atoms with Crippen LogP contribution in [0.3, 0.4) is 0 Å². The number of aromatic nitrogens is 16. The van der Waals surface area contributed by atoms with Crippen LogP contribution in [0.25, 0.3) is 121 Å². The number of anilines is 12. The molecule has 466 valence electrons. The highest BCUT2D eigenvalue weighted by atomic mass is 15.2. The molecule has 16 heterocycles. The Kier molecular flexibility index (Phi) is 12.7. The Hall–Kier alpha value is -14.4. The van der Waals surface area contributed by atoms with E-state index in [4.69, 9.17) is 79.7 Å². The largest absolute Gasteiger partial charge is 0.307 e.